The Labute approximate surface area is 188 Å². The zero-order chi connectivity index (χ0) is 21.4. The van der Waals surface area contributed by atoms with Gasteiger partial charge in [-0.05, 0) is 74.8 Å². The van der Waals surface area contributed by atoms with Gasteiger partial charge in [0, 0.05) is 36.9 Å². The van der Waals surface area contributed by atoms with Gasteiger partial charge in [0.15, 0.2) is 5.11 Å². The van der Waals surface area contributed by atoms with E-state index in [1.54, 1.807) is 0 Å². The van der Waals surface area contributed by atoms with E-state index in [0.29, 0.717) is 0 Å². The second kappa shape index (κ2) is 8.40. The van der Waals surface area contributed by atoms with Crippen LogP contribution in [0.15, 0.2) is 54.9 Å². The molecule has 5 heterocycles. The lowest BCUT2D eigenvalue weighted by Crippen LogP contribution is -2.36. The SMILES string of the molecule is Cc1cc(C2C(c3ccccn3)NC(=S)N2CC2CCCO2)c(C)n1-c1ccccn1. The number of hydrogen-bond acceptors (Lipinski definition) is 4. The fourth-order valence-corrected chi connectivity index (χ4v) is 5.19. The predicted octanol–water partition coefficient (Wildman–Crippen LogP) is 4.04. The number of nitrogens with zero attached hydrogens (tertiary/aromatic N) is 4. The van der Waals surface area contributed by atoms with Crippen molar-refractivity contribution in [2.75, 3.05) is 13.2 Å². The summed E-state index contributed by atoms with van der Waals surface area (Å²) in [4.78, 5) is 11.5. The first-order chi connectivity index (χ1) is 15.1. The average molecular weight is 434 g/mol. The van der Waals surface area contributed by atoms with E-state index in [2.05, 4.69) is 50.7 Å². The molecule has 1 N–H and O–H groups in total. The van der Waals surface area contributed by atoms with E-state index < -0.39 is 0 Å². The van der Waals surface area contributed by atoms with Gasteiger partial charge in [-0.3, -0.25) is 4.98 Å². The summed E-state index contributed by atoms with van der Waals surface area (Å²) in [5.74, 6) is 0.928. The molecule has 3 aromatic rings. The first-order valence-electron chi connectivity index (χ1n) is 10.8. The zero-order valence-electron chi connectivity index (χ0n) is 17.9. The Hall–Kier alpha value is -2.77. The van der Waals surface area contributed by atoms with Crippen molar-refractivity contribution < 1.29 is 4.74 Å². The minimum absolute atomic E-state index is 0.0206. The predicted molar refractivity (Wildman–Crippen MR) is 124 cm³/mol. The molecule has 3 aromatic heterocycles. The summed E-state index contributed by atoms with van der Waals surface area (Å²) in [5, 5.41) is 4.32. The number of aryl methyl sites for hydroxylation is 1. The van der Waals surface area contributed by atoms with Gasteiger partial charge in [0.05, 0.1) is 23.9 Å². The van der Waals surface area contributed by atoms with Gasteiger partial charge in [0.2, 0.25) is 0 Å². The second-order valence-electron chi connectivity index (χ2n) is 8.26. The Morgan fingerprint density at radius 3 is 2.61 bits per heavy atom. The molecular weight excluding hydrogens is 406 g/mol. The highest BCUT2D eigenvalue weighted by atomic mass is 32.1. The van der Waals surface area contributed by atoms with E-state index >= 15 is 0 Å². The molecule has 0 aromatic carbocycles. The van der Waals surface area contributed by atoms with Crippen LogP contribution in [0.3, 0.4) is 0 Å². The van der Waals surface area contributed by atoms with Crippen LogP contribution in [-0.4, -0.2) is 43.8 Å². The van der Waals surface area contributed by atoms with Gasteiger partial charge < -0.3 is 19.5 Å². The van der Waals surface area contributed by atoms with Crippen molar-refractivity contribution in [1.82, 2.24) is 24.8 Å². The largest absolute Gasteiger partial charge is 0.376 e. The van der Waals surface area contributed by atoms with E-state index in [4.69, 9.17) is 17.0 Å². The Bertz CT molecular complexity index is 1060. The highest BCUT2D eigenvalue weighted by Gasteiger charge is 2.42. The van der Waals surface area contributed by atoms with Crippen molar-refractivity contribution >= 4 is 17.3 Å². The maximum absolute atomic E-state index is 5.96. The molecule has 2 saturated heterocycles. The van der Waals surface area contributed by atoms with Crippen molar-refractivity contribution in [3.05, 3.63) is 77.5 Å². The van der Waals surface area contributed by atoms with E-state index in [-0.39, 0.29) is 18.2 Å². The summed E-state index contributed by atoms with van der Waals surface area (Å²) in [6.45, 7) is 5.92. The summed E-state index contributed by atoms with van der Waals surface area (Å²) in [6, 6.07) is 14.3. The molecule has 5 rings (SSSR count). The van der Waals surface area contributed by atoms with Gasteiger partial charge in [-0.1, -0.05) is 12.1 Å². The van der Waals surface area contributed by atoms with Crippen molar-refractivity contribution in [2.24, 2.45) is 0 Å². The first-order valence-corrected chi connectivity index (χ1v) is 11.2. The second-order valence-corrected chi connectivity index (χ2v) is 8.65. The molecule has 160 valence electrons. The molecule has 0 amide bonds. The lowest BCUT2D eigenvalue weighted by molar-refractivity contribution is 0.0842. The zero-order valence-corrected chi connectivity index (χ0v) is 18.7. The molecule has 2 aliphatic rings. The Balaban J connectivity index is 1.59. The molecular formula is C24H27N5OS. The highest BCUT2D eigenvalue weighted by molar-refractivity contribution is 7.80. The van der Waals surface area contributed by atoms with Gasteiger partial charge >= 0.3 is 0 Å². The molecule has 0 saturated carbocycles. The molecule has 31 heavy (non-hydrogen) atoms. The monoisotopic (exact) mass is 433 g/mol. The number of aromatic nitrogens is 3. The average Bonchev–Trinajstić information content (AvgIpc) is 3.49. The maximum Gasteiger partial charge on any atom is 0.170 e. The summed E-state index contributed by atoms with van der Waals surface area (Å²) < 4.78 is 8.18. The minimum atomic E-state index is -0.0206. The van der Waals surface area contributed by atoms with Crippen LogP contribution >= 0.6 is 12.2 Å². The minimum Gasteiger partial charge on any atom is -0.376 e. The quantitative estimate of drug-likeness (QED) is 0.613. The highest BCUT2D eigenvalue weighted by Crippen LogP contribution is 2.41. The van der Waals surface area contributed by atoms with Crippen LogP contribution in [0.25, 0.3) is 5.82 Å². The van der Waals surface area contributed by atoms with Gasteiger partial charge in [-0.2, -0.15) is 0 Å². The number of ether oxygens (including phenoxy) is 1. The third-order valence-electron chi connectivity index (χ3n) is 6.29. The first kappa shape index (κ1) is 20.2. The third kappa shape index (κ3) is 3.72. The molecule has 7 heteroatoms. The third-order valence-corrected chi connectivity index (χ3v) is 6.64. The van der Waals surface area contributed by atoms with E-state index in [0.717, 1.165) is 48.3 Å². The standard InChI is InChI=1S/C24H27N5OS/c1-16-14-19(17(2)29(16)21-10-4-6-12-26-21)23-22(20-9-3-5-11-25-20)27-24(31)28(23)15-18-8-7-13-30-18/h3-6,9-12,14,18,22-23H,7-8,13,15H2,1-2H3,(H,27,31). The number of rotatable bonds is 5. The van der Waals surface area contributed by atoms with Crippen molar-refractivity contribution in [1.29, 1.82) is 0 Å². The topological polar surface area (TPSA) is 55.2 Å². The van der Waals surface area contributed by atoms with Crippen LogP contribution in [0.4, 0.5) is 0 Å². The molecule has 3 atom stereocenters. The molecule has 0 radical (unpaired) electrons. The molecule has 0 bridgehead atoms. The summed E-state index contributed by atoms with van der Waals surface area (Å²) in [5.41, 5.74) is 4.56. The molecule has 6 nitrogen and oxygen atoms in total. The van der Waals surface area contributed by atoms with Crippen molar-refractivity contribution in [2.45, 2.75) is 44.9 Å². The molecule has 2 fully saturated rings. The number of hydrogen-bond donors (Lipinski definition) is 1. The molecule has 3 unspecified atom stereocenters. The van der Waals surface area contributed by atoms with E-state index in [1.807, 2.05) is 42.7 Å². The fraction of sp³-hybridized carbons (Fsp3) is 0.375. The maximum atomic E-state index is 5.96. The summed E-state index contributed by atoms with van der Waals surface area (Å²) in [7, 11) is 0. The lowest BCUT2D eigenvalue weighted by atomic mass is 9.96. The summed E-state index contributed by atoms with van der Waals surface area (Å²) in [6.07, 6.45) is 6.08. The Morgan fingerprint density at radius 2 is 1.94 bits per heavy atom. The molecule has 0 spiro atoms. The van der Waals surface area contributed by atoms with Crippen LogP contribution < -0.4 is 5.32 Å². The van der Waals surface area contributed by atoms with Gasteiger partial charge in [0.25, 0.3) is 0 Å². The number of thiocarbonyl (C=S) groups is 1. The van der Waals surface area contributed by atoms with E-state index in [9.17, 15) is 0 Å². The number of pyridine rings is 2. The normalized spacial score (nSPS) is 23.4. The molecule has 0 aliphatic carbocycles. The Kier molecular flexibility index (Phi) is 5.46. The molecule has 2 aliphatic heterocycles. The van der Waals surface area contributed by atoms with Gasteiger partial charge in [-0.15, -0.1) is 0 Å². The fourth-order valence-electron chi connectivity index (χ4n) is 4.87. The van der Waals surface area contributed by atoms with Crippen LogP contribution in [0, 0.1) is 13.8 Å². The Morgan fingerprint density at radius 1 is 1.13 bits per heavy atom. The lowest BCUT2D eigenvalue weighted by Gasteiger charge is -2.30. The van der Waals surface area contributed by atoms with Gasteiger partial charge in [0.1, 0.15) is 5.82 Å². The number of nitrogens with one attached hydrogen (secondary N) is 1. The van der Waals surface area contributed by atoms with Crippen molar-refractivity contribution in [3.63, 3.8) is 0 Å². The van der Waals surface area contributed by atoms with Crippen LogP contribution in [0.5, 0.6) is 0 Å². The van der Waals surface area contributed by atoms with Crippen molar-refractivity contribution in [3.8, 4) is 5.82 Å². The smallest absolute Gasteiger partial charge is 0.170 e. The van der Waals surface area contributed by atoms with Gasteiger partial charge in [-0.25, -0.2) is 4.98 Å². The van der Waals surface area contributed by atoms with Crippen LogP contribution in [-0.2, 0) is 4.74 Å². The summed E-state index contributed by atoms with van der Waals surface area (Å²) >= 11 is 5.82. The van der Waals surface area contributed by atoms with Crippen LogP contribution in [0.1, 0.15) is 47.6 Å². The van der Waals surface area contributed by atoms with E-state index in [1.165, 1.54) is 11.3 Å². The van der Waals surface area contributed by atoms with Crippen LogP contribution in [0.2, 0.25) is 0 Å².